The summed E-state index contributed by atoms with van der Waals surface area (Å²) >= 11 is 0. The summed E-state index contributed by atoms with van der Waals surface area (Å²) in [6.07, 6.45) is 1.30. The van der Waals surface area contributed by atoms with Crippen molar-refractivity contribution in [2.75, 3.05) is 12.4 Å². The molecule has 3 atom stereocenters. The molecule has 0 spiro atoms. The molecule has 1 fully saturated rings. The minimum absolute atomic E-state index is 0.278. The Morgan fingerprint density at radius 3 is 2.50 bits per heavy atom. The Morgan fingerprint density at radius 2 is 1.96 bits per heavy atom. The van der Waals surface area contributed by atoms with Crippen molar-refractivity contribution < 1.29 is 18.3 Å². The van der Waals surface area contributed by atoms with Gasteiger partial charge in [-0.1, -0.05) is 12.1 Å². The van der Waals surface area contributed by atoms with E-state index in [9.17, 15) is 18.3 Å². The number of rotatable bonds is 4. The van der Waals surface area contributed by atoms with E-state index in [1.54, 1.807) is 49.1 Å². The Bertz CT molecular complexity index is 968. The first-order chi connectivity index (χ1) is 13.1. The van der Waals surface area contributed by atoms with Crippen LogP contribution in [0, 0.1) is 6.92 Å². The van der Waals surface area contributed by atoms with E-state index in [0.717, 1.165) is 21.1 Å². The molecule has 10 heteroatoms. The Balaban J connectivity index is 1.82. The molecule has 1 aromatic carbocycles. The lowest BCUT2D eigenvalue weighted by Crippen LogP contribution is -2.56. The number of nitrogens with one attached hydrogen (secondary N) is 2. The molecule has 0 bridgehead atoms. The van der Waals surface area contributed by atoms with Crippen LogP contribution in [-0.2, 0) is 22.1 Å². The van der Waals surface area contributed by atoms with E-state index >= 15 is 0 Å². The lowest BCUT2D eigenvalue weighted by atomic mass is 10.00. The van der Waals surface area contributed by atoms with Crippen LogP contribution < -0.4 is 10.0 Å². The molecule has 3 rings (SSSR count). The van der Waals surface area contributed by atoms with Gasteiger partial charge in [0.25, 0.3) is 10.2 Å². The molecular formula is C18H25N5O4S. The third-order valence-electron chi connectivity index (χ3n) is 5.18. The van der Waals surface area contributed by atoms with Crippen LogP contribution >= 0.6 is 0 Å². The number of hydrogen-bond acceptors (Lipinski definition) is 5. The highest BCUT2D eigenvalue weighted by molar-refractivity contribution is 7.87. The Morgan fingerprint density at radius 1 is 1.32 bits per heavy atom. The van der Waals surface area contributed by atoms with E-state index in [1.165, 1.54) is 7.05 Å². The number of anilines is 1. The minimum Gasteiger partial charge on any atom is -0.389 e. The maximum absolute atomic E-state index is 12.8. The van der Waals surface area contributed by atoms with Crippen molar-refractivity contribution in [2.24, 2.45) is 7.05 Å². The molecule has 1 aliphatic heterocycles. The van der Waals surface area contributed by atoms with Gasteiger partial charge >= 0.3 is 0 Å². The van der Waals surface area contributed by atoms with Crippen LogP contribution in [-0.4, -0.2) is 46.6 Å². The fourth-order valence-corrected chi connectivity index (χ4v) is 4.51. The van der Waals surface area contributed by atoms with Crippen LogP contribution in [0.3, 0.4) is 0 Å². The predicted molar refractivity (Wildman–Crippen MR) is 105 cm³/mol. The Hall–Kier alpha value is -2.27. The van der Waals surface area contributed by atoms with Crippen molar-refractivity contribution in [1.82, 2.24) is 18.8 Å². The van der Waals surface area contributed by atoms with Crippen molar-refractivity contribution in [2.45, 2.75) is 38.5 Å². The van der Waals surface area contributed by atoms with Crippen molar-refractivity contribution in [3.8, 4) is 0 Å². The number of hydrogen-bond donors (Lipinski definition) is 3. The number of aromatic nitrogens is 2. The highest BCUT2D eigenvalue weighted by Crippen LogP contribution is 2.30. The summed E-state index contributed by atoms with van der Waals surface area (Å²) in [5, 5.41) is 16.5. The third kappa shape index (κ3) is 3.95. The summed E-state index contributed by atoms with van der Waals surface area (Å²) in [7, 11) is -0.653. The highest BCUT2D eigenvalue weighted by atomic mass is 32.2. The second-order valence-electron chi connectivity index (χ2n) is 7.04. The number of carbonyl (C=O) groups is 1. The molecule has 0 radical (unpaired) electrons. The first-order valence-corrected chi connectivity index (χ1v) is 10.4. The molecule has 2 aromatic rings. The fourth-order valence-electron chi connectivity index (χ4n) is 3.24. The molecule has 1 aromatic heterocycles. The van der Waals surface area contributed by atoms with E-state index in [2.05, 4.69) is 15.1 Å². The fraction of sp³-hybridized carbons (Fsp3) is 0.444. The van der Waals surface area contributed by atoms with Gasteiger partial charge in [-0.25, -0.2) is 0 Å². The van der Waals surface area contributed by atoms with Gasteiger partial charge in [0.2, 0.25) is 5.91 Å². The first-order valence-electron chi connectivity index (χ1n) is 8.93. The van der Waals surface area contributed by atoms with Crippen molar-refractivity contribution in [3.05, 3.63) is 47.3 Å². The average molecular weight is 407 g/mol. The molecule has 0 unspecified atom stereocenters. The number of amides is 1. The number of aliphatic hydroxyl groups excluding tert-OH is 1. The van der Waals surface area contributed by atoms with Gasteiger partial charge in [-0.15, -0.1) is 0 Å². The van der Waals surface area contributed by atoms with Gasteiger partial charge < -0.3 is 10.4 Å². The second-order valence-corrected chi connectivity index (χ2v) is 8.80. The Kier molecular flexibility index (Phi) is 5.57. The third-order valence-corrected chi connectivity index (χ3v) is 6.78. The largest absolute Gasteiger partial charge is 0.389 e. The summed E-state index contributed by atoms with van der Waals surface area (Å²) in [6.45, 7) is 3.51. The summed E-state index contributed by atoms with van der Waals surface area (Å²) in [6, 6.07) is 5.38. The SMILES string of the molecule is Cc1c([C@@H]2C[C@@H](C(=O)Nc3ccc([C@@H](C)O)cc3)N(C)S(=O)(=O)N2)cnn1C. The van der Waals surface area contributed by atoms with E-state index in [-0.39, 0.29) is 6.42 Å². The van der Waals surface area contributed by atoms with Crippen LogP contribution in [0.1, 0.15) is 42.3 Å². The van der Waals surface area contributed by atoms with Crippen LogP contribution in [0.25, 0.3) is 0 Å². The van der Waals surface area contributed by atoms with Crippen LogP contribution in [0.15, 0.2) is 30.5 Å². The monoisotopic (exact) mass is 407 g/mol. The quantitative estimate of drug-likeness (QED) is 0.699. The zero-order valence-corrected chi connectivity index (χ0v) is 17.1. The van der Waals surface area contributed by atoms with Gasteiger partial charge in [0.1, 0.15) is 6.04 Å². The van der Waals surface area contributed by atoms with Gasteiger partial charge in [0.15, 0.2) is 0 Å². The molecule has 2 heterocycles. The number of aryl methyl sites for hydroxylation is 1. The first kappa shape index (κ1) is 20.5. The number of aliphatic hydroxyl groups is 1. The number of nitrogens with zero attached hydrogens (tertiary/aromatic N) is 3. The second kappa shape index (κ2) is 7.63. The zero-order chi connectivity index (χ0) is 20.6. The van der Waals surface area contributed by atoms with Crippen LogP contribution in [0.5, 0.6) is 0 Å². The molecule has 1 aliphatic rings. The number of likely N-dealkylation sites (N-methyl/N-ethyl adjacent to an activating group) is 1. The molecule has 0 aliphatic carbocycles. The Labute approximate surface area is 164 Å². The maximum Gasteiger partial charge on any atom is 0.280 e. The van der Waals surface area contributed by atoms with Crippen molar-refractivity contribution in [3.63, 3.8) is 0 Å². The maximum atomic E-state index is 12.8. The molecule has 152 valence electrons. The molecule has 28 heavy (non-hydrogen) atoms. The van der Waals surface area contributed by atoms with Gasteiger partial charge in [0.05, 0.1) is 18.3 Å². The molecule has 0 saturated carbocycles. The number of carbonyl (C=O) groups excluding carboxylic acids is 1. The molecule has 9 nitrogen and oxygen atoms in total. The van der Waals surface area contributed by atoms with Crippen LogP contribution in [0.4, 0.5) is 5.69 Å². The summed E-state index contributed by atoms with van der Waals surface area (Å²) in [4.78, 5) is 12.8. The van der Waals surface area contributed by atoms with Gasteiger partial charge in [-0.2, -0.15) is 22.5 Å². The number of benzene rings is 1. The van der Waals surface area contributed by atoms with E-state index in [1.807, 2.05) is 6.92 Å². The summed E-state index contributed by atoms with van der Waals surface area (Å²) < 4.78 is 30.4. The van der Waals surface area contributed by atoms with Crippen LogP contribution in [0.2, 0.25) is 0 Å². The lowest BCUT2D eigenvalue weighted by molar-refractivity contribution is -0.120. The van der Waals surface area contributed by atoms with Gasteiger partial charge in [0, 0.05) is 31.0 Å². The normalized spacial score (nSPS) is 23.3. The smallest absolute Gasteiger partial charge is 0.280 e. The molecule has 1 saturated heterocycles. The van der Waals surface area contributed by atoms with Gasteiger partial charge in [-0.05, 0) is 38.0 Å². The molecule has 3 N–H and O–H groups in total. The average Bonchev–Trinajstić information content (AvgIpc) is 2.96. The zero-order valence-electron chi connectivity index (χ0n) is 16.2. The standard InChI is InChI=1S/C18H25N5O4S/c1-11-15(10-19-22(11)3)16-9-17(23(4)28(26,27)21-16)18(25)20-14-7-5-13(6-8-14)12(2)24/h5-8,10,12,16-17,21,24H,9H2,1-4H3,(H,20,25)/t12-,16+,17+/m1/s1. The molecule has 1 amide bonds. The van der Waals surface area contributed by atoms with Crippen molar-refractivity contribution in [1.29, 1.82) is 0 Å². The summed E-state index contributed by atoms with van der Waals surface area (Å²) in [5.41, 5.74) is 2.85. The van der Waals surface area contributed by atoms with E-state index < -0.39 is 34.3 Å². The lowest BCUT2D eigenvalue weighted by Gasteiger charge is -2.36. The minimum atomic E-state index is -3.82. The van der Waals surface area contributed by atoms with E-state index in [0.29, 0.717) is 5.69 Å². The molecular weight excluding hydrogens is 382 g/mol. The highest BCUT2D eigenvalue weighted by Gasteiger charge is 2.41. The predicted octanol–water partition coefficient (Wildman–Crippen LogP) is 1.00. The topological polar surface area (TPSA) is 117 Å². The van der Waals surface area contributed by atoms with E-state index in [4.69, 9.17) is 0 Å². The van der Waals surface area contributed by atoms with Crippen molar-refractivity contribution >= 4 is 21.8 Å². The summed E-state index contributed by atoms with van der Waals surface area (Å²) in [5.74, 6) is -0.413. The van der Waals surface area contributed by atoms with Gasteiger partial charge in [-0.3, -0.25) is 9.48 Å².